The minimum absolute atomic E-state index is 0. The van der Waals surface area contributed by atoms with Gasteiger partial charge in [-0.2, -0.15) is 0 Å². The Bertz CT molecular complexity index is 1780. The van der Waals surface area contributed by atoms with Crippen molar-refractivity contribution >= 4 is 68.7 Å². The maximum atomic E-state index is 12.5. The fourth-order valence-corrected chi connectivity index (χ4v) is 5.92. The maximum absolute atomic E-state index is 12.5. The number of ether oxygens (including phenoxy) is 1. The molecule has 3 aromatic carbocycles. The van der Waals surface area contributed by atoms with Crippen molar-refractivity contribution in [3.8, 4) is 11.6 Å². The number of rotatable bonds is 10. The highest BCUT2D eigenvalue weighted by Gasteiger charge is 2.21. The number of hydrogen-bond donors (Lipinski definition) is 4. The molecule has 1 aliphatic rings. The summed E-state index contributed by atoms with van der Waals surface area (Å²) in [6, 6.07) is 22.9. The number of nitrogens with one attached hydrogen (secondary N) is 4. The van der Waals surface area contributed by atoms with E-state index in [1.165, 1.54) is 12.5 Å². The number of aromatic nitrogens is 1. The highest BCUT2D eigenvalue weighted by Crippen LogP contribution is 2.30. The lowest BCUT2D eigenvalue weighted by Gasteiger charge is -2.32. The van der Waals surface area contributed by atoms with Crippen LogP contribution in [0.3, 0.4) is 0 Å². The fourth-order valence-electron chi connectivity index (χ4n) is 5.19. The van der Waals surface area contributed by atoms with Gasteiger partial charge in [0.25, 0.3) is 0 Å². The average molecular weight is 700 g/mol. The van der Waals surface area contributed by atoms with E-state index in [1.54, 1.807) is 42.5 Å². The lowest BCUT2D eigenvalue weighted by atomic mass is 9.89. The van der Waals surface area contributed by atoms with Crippen molar-refractivity contribution in [2.75, 3.05) is 40.0 Å². The van der Waals surface area contributed by atoms with Gasteiger partial charge in [0.05, 0.1) is 17.0 Å². The summed E-state index contributed by atoms with van der Waals surface area (Å²) in [5.74, 6) is 1.21. The van der Waals surface area contributed by atoms with E-state index in [2.05, 4.69) is 42.7 Å². The normalized spacial score (nSPS) is 13.6. The molecule has 0 spiro atoms. The van der Waals surface area contributed by atoms with Gasteiger partial charge in [-0.05, 0) is 97.6 Å². The first-order valence-electron chi connectivity index (χ1n) is 14.7. The topological polar surface area (TPSA) is 142 Å². The molecule has 0 aliphatic carbocycles. The van der Waals surface area contributed by atoms with E-state index in [1.807, 2.05) is 30.5 Å². The number of benzene rings is 3. The van der Waals surface area contributed by atoms with E-state index in [4.69, 9.17) is 16.3 Å². The summed E-state index contributed by atoms with van der Waals surface area (Å²) in [5, 5.41) is 8.62. The number of hydrogen-bond acceptors (Lipinski definition) is 7. The number of carbonyl (C=O) groups is 2. The number of urea groups is 1. The van der Waals surface area contributed by atoms with Crippen molar-refractivity contribution in [3.63, 3.8) is 0 Å². The highest BCUT2D eigenvalue weighted by molar-refractivity contribution is 7.92. The summed E-state index contributed by atoms with van der Waals surface area (Å²) in [6.07, 6.45) is 4.97. The maximum Gasteiger partial charge on any atom is 0.323 e. The fraction of sp³-hybridized carbons (Fsp3) is 0.242. The molecule has 0 bridgehead atoms. The Hall–Kier alpha value is -4.36. The molecule has 47 heavy (non-hydrogen) atoms. The Morgan fingerprint density at radius 2 is 1.53 bits per heavy atom. The number of anilines is 4. The Labute approximate surface area is 285 Å². The third-order valence-electron chi connectivity index (χ3n) is 7.35. The zero-order chi connectivity index (χ0) is 32.7. The highest BCUT2D eigenvalue weighted by atomic mass is 35.5. The molecular formula is C33H36Cl2N6O5S. The van der Waals surface area contributed by atoms with Gasteiger partial charge in [-0.25, -0.2) is 18.2 Å². The standard InChI is InChI=1S/C33H35ClN6O5S.ClH/c1-22(41)36-31-19-28(10-13-30(31)34)38-33(42)37-26-6-4-24(5-7-26)25-15-17-40(18-16-25)21-23-3-14-32(35-20-23)45-29-11-8-27(9-12-29)39-46(2,43)44;/h3-14,19-20,25,39H,15-18,21H2,1-2H3,(H,36,41)(H2,37,38,42);1H. The summed E-state index contributed by atoms with van der Waals surface area (Å²) in [6.45, 7) is 4.10. The van der Waals surface area contributed by atoms with E-state index >= 15 is 0 Å². The first-order chi connectivity index (χ1) is 22.0. The third-order valence-corrected chi connectivity index (χ3v) is 8.28. The van der Waals surface area contributed by atoms with Gasteiger partial charge in [0.15, 0.2) is 0 Å². The largest absolute Gasteiger partial charge is 0.439 e. The Kier molecular flexibility index (Phi) is 12.1. The van der Waals surface area contributed by atoms with Crippen molar-refractivity contribution in [2.45, 2.75) is 32.2 Å². The van der Waals surface area contributed by atoms with Crippen LogP contribution in [0.15, 0.2) is 85.1 Å². The van der Waals surface area contributed by atoms with Crippen LogP contribution < -0.4 is 25.4 Å². The molecule has 0 saturated carbocycles. The lowest BCUT2D eigenvalue weighted by Crippen LogP contribution is -2.32. The molecule has 1 fully saturated rings. The van der Waals surface area contributed by atoms with Gasteiger partial charge < -0.3 is 20.7 Å². The predicted octanol–water partition coefficient (Wildman–Crippen LogP) is 7.30. The zero-order valence-corrected chi connectivity index (χ0v) is 28.2. The van der Waals surface area contributed by atoms with Crippen LogP contribution in [0.2, 0.25) is 5.02 Å². The van der Waals surface area contributed by atoms with Gasteiger partial charge in [0.1, 0.15) is 5.75 Å². The second kappa shape index (κ2) is 16.0. The van der Waals surface area contributed by atoms with Crippen molar-refractivity contribution in [3.05, 3.63) is 101 Å². The average Bonchev–Trinajstić information content (AvgIpc) is 3.01. The first kappa shape index (κ1) is 35.5. The molecule has 14 heteroatoms. The number of piperidine rings is 1. The number of carbonyl (C=O) groups excluding carboxylic acids is 2. The smallest absolute Gasteiger partial charge is 0.323 e. The molecule has 0 radical (unpaired) electrons. The van der Waals surface area contributed by atoms with Crippen LogP contribution in [-0.2, 0) is 21.4 Å². The molecule has 3 amide bonds. The van der Waals surface area contributed by atoms with Gasteiger partial charge in [0.2, 0.25) is 21.8 Å². The molecule has 4 aromatic rings. The second-order valence-electron chi connectivity index (χ2n) is 11.1. The number of likely N-dealkylation sites (tertiary alicyclic amines) is 1. The molecule has 11 nitrogen and oxygen atoms in total. The van der Waals surface area contributed by atoms with E-state index < -0.39 is 16.1 Å². The quantitative estimate of drug-likeness (QED) is 0.136. The Morgan fingerprint density at radius 1 is 0.894 bits per heavy atom. The van der Waals surface area contributed by atoms with Gasteiger partial charge in [0, 0.05) is 42.8 Å². The molecular weight excluding hydrogens is 663 g/mol. The summed E-state index contributed by atoms with van der Waals surface area (Å²) >= 11 is 6.11. The number of halogens is 2. The summed E-state index contributed by atoms with van der Waals surface area (Å²) in [7, 11) is -3.33. The number of sulfonamides is 1. The van der Waals surface area contributed by atoms with Gasteiger partial charge >= 0.3 is 6.03 Å². The van der Waals surface area contributed by atoms with Crippen molar-refractivity contribution in [2.24, 2.45) is 0 Å². The third kappa shape index (κ3) is 10.9. The molecule has 1 aliphatic heterocycles. The molecule has 4 N–H and O–H groups in total. The molecule has 1 saturated heterocycles. The molecule has 1 aromatic heterocycles. The minimum Gasteiger partial charge on any atom is -0.439 e. The van der Waals surface area contributed by atoms with E-state index in [0.717, 1.165) is 44.3 Å². The van der Waals surface area contributed by atoms with Crippen LogP contribution in [0.25, 0.3) is 0 Å². The van der Waals surface area contributed by atoms with E-state index in [-0.39, 0.29) is 18.3 Å². The van der Waals surface area contributed by atoms with E-state index in [9.17, 15) is 18.0 Å². The SMILES string of the molecule is CC(=O)Nc1cc(NC(=O)Nc2ccc(C3CCN(Cc4ccc(Oc5ccc(NS(C)(=O)=O)cc5)nc4)CC3)cc2)ccc1Cl.Cl. The van der Waals surface area contributed by atoms with Crippen LogP contribution in [0.4, 0.5) is 27.5 Å². The lowest BCUT2D eigenvalue weighted by molar-refractivity contribution is -0.114. The molecule has 2 heterocycles. The van der Waals surface area contributed by atoms with Crippen molar-refractivity contribution in [1.29, 1.82) is 0 Å². The molecule has 5 rings (SSSR count). The molecule has 248 valence electrons. The molecule has 0 atom stereocenters. The first-order valence-corrected chi connectivity index (χ1v) is 16.9. The summed E-state index contributed by atoms with van der Waals surface area (Å²) in [4.78, 5) is 30.8. The van der Waals surface area contributed by atoms with Crippen LogP contribution in [-0.4, -0.2) is 49.6 Å². The number of nitrogens with zero attached hydrogens (tertiary/aromatic N) is 2. The van der Waals surface area contributed by atoms with Crippen LogP contribution >= 0.6 is 24.0 Å². The summed E-state index contributed by atoms with van der Waals surface area (Å²) < 4.78 is 31.0. The van der Waals surface area contributed by atoms with Gasteiger partial charge in [-0.1, -0.05) is 29.8 Å². The predicted molar refractivity (Wildman–Crippen MR) is 189 cm³/mol. The number of pyridine rings is 1. The van der Waals surface area contributed by atoms with Crippen LogP contribution in [0, 0.1) is 0 Å². The monoisotopic (exact) mass is 698 g/mol. The van der Waals surface area contributed by atoms with Crippen molar-refractivity contribution in [1.82, 2.24) is 9.88 Å². The van der Waals surface area contributed by atoms with Crippen LogP contribution in [0.5, 0.6) is 11.6 Å². The number of amides is 3. The van der Waals surface area contributed by atoms with Crippen molar-refractivity contribution < 1.29 is 22.7 Å². The Balaban J connectivity index is 0.00000500. The molecule has 0 unspecified atom stereocenters. The van der Waals surface area contributed by atoms with Gasteiger partial charge in [-0.3, -0.25) is 14.4 Å². The zero-order valence-electron chi connectivity index (χ0n) is 25.8. The Morgan fingerprint density at radius 3 is 2.15 bits per heavy atom. The second-order valence-corrected chi connectivity index (χ2v) is 13.3. The van der Waals surface area contributed by atoms with E-state index in [0.29, 0.717) is 45.3 Å². The minimum atomic E-state index is -3.33. The van der Waals surface area contributed by atoms with Crippen LogP contribution in [0.1, 0.15) is 36.8 Å². The summed E-state index contributed by atoms with van der Waals surface area (Å²) in [5.41, 5.74) is 4.41. The van der Waals surface area contributed by atoms with Gasteiger partial charge in [-0.15, -0.1) is 12.4 Å².